The summed E-state index contributed by atoms with van der Waals surface area (Å²) in [5.74, 6) is 2.17. The quantitative estimate of drug-likeness (QED) is 0.861. The van der Waals surface area contributed by atoms with E-state index in [1.54, 1.807) is 7.11 Å². The Bertz CT molecular complexity index is 469. The highest BCUT2D eigenvalue weighted by Crippen LogP contribution is 2.41. The van der Waals surface area contributed by atoms with Crippen LogP contribution in [-0.2, 0) is 12.8 Å². The van der Waals surface area contributed by atoms with Crippen molar-refractivity contribution >= 4 is 0 Å². The number of hydrogen-bond acceptors (Lipinski definition) is 3. The van der Waals surface area contributed by atoms with Gasteiger partial charge in [0.05, 0.1) is 13.2 Å². The molecular weight excluding hydrogens is 240 g/mol. The SMILES string of the molecule is COc1cc2c(cc1O)CCC(C1CCC(O)C1)C2. The molecule has 2 N–H and O–H groups in total. The molecular formula is C16H22O3. The molecule has 0 aliphatic heterocycles. The van der Waals surface area contributed by atoms with E-state index in [0.717, 1.165) is 32.1 Å². The average molecular weight is 262 g/mol. The van der Waals surface area contributed by atoms with Gasteiger partial charge in [-0.25, -0.2) is 0 Å². The molecule has 19 heavy (non-hydrogen) atoms. The van der Waals surface area contributed by atoms with E-state index in [9.17, 15) is 10.2 Å². The molecule has 1 aromatic rings. The molecule has 3 heteroatoms. The first kappa shape index (κ1) is 12.8. The van der Waals surface area contributed by atoms with Gasteiger partial charge in [-0.2, -0.15) is 0 Å². The third-order valence-corrected chi connectivity index (χ3v) is 4.88. The molecule has 0 heterocycles. The summed E-state index contributed by atoms with van der Waals surface area (Å²) in [7, 11) is 1.59. The summed E-state index contributed by atoms with van der Waals surface area (Å²) in [6.45, 7) is 0. The second kappa shape index (κ2) is 5.04. The van der Waals surface area contributed by atoms with Crippen LogP contribution in [0.3, 0.4) is 0 Å². The van der Waals surface area contributed by atoms with Crippen molar-refractivity contribution in [1.29, 1.82) is 0 Å². The Morgan fingerprint density at radius 2 is 1.95 bits per heavy atom. The van der Waals surface area contributed by atoms with E-state index < -0.39 is 0 Å². The van der Waals surface area contributed by atoms with Gasteiger partial charge < -0.3 is 14.9 Å². The number of aryl methyl sites for hydroxylation is 1. The van der Waals surface area contributed by atoms with Crippen molar-refractivity contribution < 1.29 is 14.9 Å². The van der Waals surface area contributed by atoms with Crippen molar-refractivity contribution in [2.24, 2.45) is 11.8 Å². The van der Waals surface area contributed by atoms with E-state index in [1.165, 1.54) is 17.5 Å². The molecule has 0 spiro atoms. The number of fused-ring (bicyclic) bond motifs is 1. The summed E-state index contributed by atoms with van der Waals surface area (Å²) in [5, 5.41) is 19.5. The summed E-state index contributed by atoms with van der Waals surface area (Å²) in [5.41, 5.74) is 2.57. The van der Waals surface area contributed by atoms with Gasteiger partial charge in [0.1, 0.15) is 0 Å². The van der Waals surface area contributed by atoms with Crippen molar-refractivity contribution in [3.05, 3.63) is 23.3 Å². The smallest absolute Gasteiger partial charge is 0.160 e. The molecule has 2 aliphatic carbocycles. The van der Waals surface area contributed by atoms with Crippen LogP contribution in [0.1, 0.15) is 36.8 Å². The second-order valence-corrected chi connectivity index (χ2v) is 6.02. The van der Waals surface area contributed by atoms with Crippen molar-refractivity contribution in [2.75, 3.05) is 7.11 Å². The van der Waals surface area contributed by atoms with Crippen LogP contribution >= 0.6 is 0 Å². The molecule has 3 atom stereocenters. The second-order valence-electron chi connectivity index (χ2n) is 6.02. The summed E-state index contributed by atoms with van der Waals surface area (Å²) >= 11 is 0. The number of rotatable bonds is 2. The summed E-state index contributed by atoms with van der Waals surface area (Å²) in [6, 6.07) is 3.84. The molecule has 1 fully saturated rings. The predicted octanol–water partition coefficient (Wildman–Crippen LogP) is 2.67. The van der Waals surface area contributed by atoms with Crippen molar-refractivity contribution in [3.8, 4) is 11.5 Å². The van der Waals surface area contributed by atoms with Gasteiger partial charge in [0.15, 0.2) is 11.5 Å². The lowest BCUT2D eigenvalue weighted by molar-refractivity contribution is 0.168. The molecule has 3 nitrogen and oxygen atoms in total. The third-order valence-electron chi connectivity index (χ3n) is 4.88. The molecule has 0 aromatic heterocycles. The highest BCUT2D eigenvalue weighted by atomic mass is 16.5. The molecule has 0 radical (unpaired) electrons. The standard InChI is InChI=1S/C16H22O3/c1-19-16-9-13-6-10(11-4-5-14(17)7-11)2-3-12(13)8-15(16)18/h8-11,14,17-18H,2-7H2,1H3. The van der Waals surface area contributed by atoms with Crippen LogP contribution in [0.4, 0.5) is 0 Å². The Balaban J connectivity index is 1.79. The fourth-order valence-corrected chi connectivity index (χ4v) is 3.79. The summed E-state index contributed by atoms with van der Waals surface area (Å²) < 4.78 is 5.20. The van der Waals surface area contributed by atoms with Crippen molar-refractivity contribution in [3.63, 3.8) is 0 Å². The van der Waals surface area contributed by atoms with Crippen molar-refractivity contribution in [2.45, 2.75) is 44.6 Å². The first-order chi connectivity index (χ1) is 9.17. The third kappa shape index (κ3) is 2.44. The highest BCUT2D eigenvalue weighted by Gasteiger charge is 2.32. The van der Waals surface area contributed by atoms with E-state index in [1.807, 2.05) is 12.1 Å². The Labute approximate surface area is 114 Å². The Morgan fingerprint density at radius 1 is 1.11 bits per heavy atom. The van der Waals surface area contributed by atoms with Crippen LogP contribution in [-0.4, -0.2) is 23.4 Å². The van der Waals surface area contributed by atoms with Crippen LogP contribution < -0.4 is 4.74 Å². The zero-order valence-corrected chi connectivity index (χ0v) is 11.4. The minimum absolute atomic E-state index is 0.0826. The summed E-state index contributed by atoms with van der Waals surface area (Å²) in [4.78, 5) is 0. The van der Waals surface area contributed by atoms with E-state index in [-0.39, 0.29) is 11.9 Å². The Hall–Kier alpha value is -1.22. The van der Waals surface area contributed by atoms with Gasteiger partial charge in [-0.1, -0.05) is 0 Å². The number of methoxy groups -OCH3 is 1. The first-order valence-electron chi connectivity index (χ1n) is 7.24. The fourth-order valence-electron chi connectivity index (χ4n) is 3.79. The number of aliphatic hydroxyl groups excluding tert-OH is 1. The number of aliphatic hydroxyl groups is 1. The minimum atomic E-state index is -0.0826. The number of benzene rings is 1. The van der Waals surface area contributed by atoms with E-state index in [0.29, 0.717) is 17.6 Å². The molecule has 3 unspecified atom stereocenters. The van der Waals surface area contributed by atoms with Gasteiger partial charge in [0, 0.05) is 0 Å². The number of aromatic hydroxyl groups is 1. The maximum atomic E-state index is 9.82. The maximum absolute atomic E-state index is 9.82. The van der Waals surface area contributed by atoms with Crippen LogP contribution in [0, 0.1) is 11.8 Å². The largest absolute Gasteiger partial charge is 0.504 e. The predicted molar refractivity (Wildman–Crippen MR) is 73.5 cm³/mol. The van der Waals surface area contributed by atoms with Gasteiger partial charge in [0.25, 0.3) is 0 Å². The number of ether oxygens (including phenoxy) is 1. The average Bonchev–Trinajstić information content (AvgIpc) is 2.84. The van der Waals surface area contributed by atoms with Crippen LogP contribution in [0.25, 0.3) is 0 Å². The van der Waals surface area contributed by atoms with E-state index in [2.05, 4.69) is 0 Å². The van der Waals surface area contributed by atoms with E-state index >= 15 is 0 Å². The topological polar surface area (TPSA) is 49.7 Å². The molecule has 1 aromatic carbocycles. The Morgan fingerprint density at radius 3 is 2.63 bits per heavy atom. The van der Waals surface area contributed by atoms with Gasteiger partial charge in [0.2, 0.25) is 0 Å². The zero-order valence-electron chi connectivity index (χ0n) is 11.4. The minimum Gasteiger partial charge on any atom is -0.504 e. The molecule has 1 saturated carbocycles. The normalized spacial score (nSPS) is 30.1. The van der Waals surface area contributed by atoms with Crippen LogP contribution in [0.2, 0.25) is 0 Å². The molecule has 104 valence electrons. The maximum Gasteiger partial charge on any atom is 0.160 e. The molecule has 3 rings (SSSR count). The lowest BCUT2D eigenvalue weighted by Crippen LogP contribution is -2.21. The monoisotopic (exact) mass is 262 g/mol. The van der Waals surface area contributed by atoms with Gasteiger partial charge >= 0.3 is 0 Å². The number of phenolic OH excluding ortho intramolecular Hbond substituents is 1. The fraction of sp³-hybridized carbons (Fsp3) is 0.625. The lowest BCUT2D eigenvalue weighted by atomic mass is 9.76. The van der Waals surface area contributed by atoms with Crippen LogP contribution in [0.15, 0.2) is 12.1 Å². The number of phenols is 1. The molecule has 2 aliphatic rings. The lowest BCUT2D eigenvalue weighted by Gasteiger charge is -2.29. The summed E-state index contributed by atoms with van der Waals surface area (Å²) in [6.07, 6.45) is 6.28. The zero-order chi connectivity index (χ0) is 13.4. The van der Waals surface area contributed by atoms with Gasteiger partial charge in [-0.05, 0) is 73.6 Å². The van der Waals surface area contributed by atoms with Crippen LogP contribution in [0.5, 0.6) is 11.5 Å². The number of hydrogen-bond donors (Lipinski definition) is 2. The van der Waals surface area contributed by atoms with Gasteiger partial charge in [-0.3, -0.25) is 0 Å². The van der Waals surface area contributed by atoms with Gasteiger partial charge in [-0.15, -0.1) is 0 Å². The highest BCUT2D eigenvalue weighted by molar-refractivity contribution is 5.47. The van der Waals surface area contributed by atoms with Crippen molar-refractivity contribution in [1.82, 2.24) is 0 Å². The molecule has 0 saturated heterocycles. The van der Waals surface area contributed by atoms with E-state index in [4.69, 9.17) is 4.74 Å². The first-order valence-corrected chi connectivity index (χ1v) is 7.24. The Kier molecular flexibility index (Phi) is 3.40. The molecule has 0 bridgehead atoms. The molecule has 0 amide bonds.